The van der Waals surface area contributed by atoms with Crippen molar-refractivity contribution in [3.05, 3.63) is 52.2 Å². The number of thiophene rings is 1. The monoisotopic (exact) mass is 314 g/mol. The van der Waals surface area contributed by atoms with E-state index in [9.17, 15) is 4.79 Å². The second kappa shape index (κ2) is 5.93. The predicted molar refractivity (Wildman–Crippen MR) is 88.4 cm³/mol. The minimum Gasteiger partial charge on any atom is -0.361 e. The first-order chi connectivity index (χ1) is 10.6. The van der Waals surface area contributed by atoms with Gasteiger partial charge in [-0.15, -0.1) is 11.3 Å². The highest BCUT2D eigenvalue weighted by molar-refractivity contribution is 7.17. The smallest absolute Gasteiger partial charge is 0.257 e. The predicted octanol–water partition coefficient (Wildman–Crippen LogP) is 3.87. The van der Waals surface area contributed by atoms with Gasteiger partial charge in [-0.25, -0.2) is 0 Å². The van der Waals surface area contributed by atoms with Gasteiger partial charge in [-0.05, 0) is 49.6 Å². The normalized spacial score (nSPS) is 12.5. The highest BCUT2D eigenvalue weighted by Crippen LogP contribution is 2.26. The Morgan fingerprint density at radius 2 is 2.14 bits per heavy atom. The number of nitrogens with zero attached hydrogens (tertiary/aromatic N) is 1. The lowest BCUT2D eigenvalue weighted by Gasteiger charge is -2.13. The van der Waals surface area contributed by atoms with Gasteiger partial charge in [-0.2, -0.15) is 0 Å². The molecule has 22 heavy (non-hydrogen) atoms. The van der Waals surface area contributed by atoms with Crippen LogP contribution < -0.4 is 5.32 Å². The molecule has 0 fully saturated rings. The number of hydrogen-bond donors (Lipinski definition) is 1. The van der Waals surface area contributed by atoms with Crippen LogP contribution >= 0.6 is 11.3 Å². The molecule has 0 aliphatic carbocycles. The quantitative estimate of drug-likeness (QED) is 0.795. The van der Waals surface area contributed by atoms with E-state index < -0.39 is 0 Å². The van der Waals surface area contributed by atoms with Gasteiger partial charge in [0.05, 0.1) is 5.69 Å². The molecule has 4 nitrogen and oxygen atoms in total. The molecule has 0 radical (unpaired) electrons. The van der Waals surface area contributed by atoms with Crippen molar-refractivity contribution < 1.29 is 9.32 Å². The maximum atomic E-state index is 12.3. The summed E-state index contributed by atoms with van der Waals surface area (Å²) in [5, 5.41) is 10.3. The number of fused-ring (bicyclic) bond motifs is 1. The van der Waals surface area contributed by atoms with Crippen LogP contribution in [0, 0.1) is 13.8 Å². The van der Waals surface area contributed by atoms with E-state index in [0.29, 0.717) is 17.0 Å². The Hall–Kier alpha value is -2.14. The number of carbonyl (C=O) groups is 1. The standard InChI is InChI=1S/C17H18N2O2S/c1-10(18-17(20)16-11(2)19-21-12(16)3)8-13-9-22-15-7-5-4-6-14(13)15/h4-7,9-10H,8H2,1-3H3,(H,18,20)/t10-/m0/s1. The van der Waals surface area contributed by atoms with Gasteiger partial charge >= 0.3 is 0 Å². The van der Waals surface area contributed by atoms with Crippen LogP contribution in [0.1, 0.15) is 34.3 Å². The maximum absolute atomic E-state index is 12.3. The van der Waals surface area contributed by atoms with E-state index in [1.54, 1.807) is 25.2 Å². The fourth-order valence-corrected chi connectivity index (χ4v) is 3.65. The van der Waals surface area contributed by atoms with Gasteiger partial charge in [0, 0.05) is 10.7 Å². The highest BCUT2D eigenvalue weighted by Gasteiger charge is 2.19. The van der Waals surface area contributed by atoms with Gasteiger partial charge in [0.15, 0.2) is 0 Å². The van der Waals surface area contributed by atoms with Crippen LogP contribution in [0.3, 0.4) is 0 Å². The Kier molecular flexibility index (Phi) is 3.98. The average molecular weight is 314 g/mol. The number of aromatic nitrogens is 1. The van der Waals surface area contributed by atoms with Crippen LogP contribution in [0.5, 0.6) is 0 Å². The summed E-state index contributed by atoms with van der Waals surface area (Å²) in [6.07, 6.45) is 0.805. The second-order valence-electron chi connectivity index (χ2n) is 5.53. The van der Waals surface area contributed by atoms with Crippen molar-refractivity contribution >= 4 is 27.3 Å². The van der Waals surface area contributed by atoms with Crippen LogP contribution in [0.15, 0.2) is 34.2 Å². The van der Waals surface area contributed by atoms with E-state index in [-0.39, 0.29) is 11.9 Å². The Bertz CT molecular complexity index is 800. The van der Waals surface area contributed by atoms with Gasteiger partial charge in [0.2, 0.25) is 0 Å². The number of aryl methyl sites for hydroxylation is 2. The van der Waals surface area contributed by atoms with Gasteiger partial charge in [0.25, 0.3) is 5.91 Å². The topological polar surface area (TPSA) is 55.1 Å². The van der Waals surface area contributed by atoms with Crippen LogP contribution in [0.2, 0.25) is 0 Å². The molecule has 0 bridgehead atoms. The number of amides is 1. The molecular weight excluding hydrogens is 296 g/mol. The number of rotatable bonds is 4. The fraction of sp³-hybridized carbons (Fsp3) is 0.294. The first-order valence-corrected chi connectivity index (χ1v) is 8.13. The van der Waals surface area contributed by atoms with Crippen molar-refractivity contribution in [1.82, 2.24) is 10.5 Å². The van der Waals surface area contributed by atoms with Crippen molar-refractivity contribution in [2.75, 3.05) is 0 Å². The molecule has 114 valence electrons. The molecule has 0 aliphatic heterocycles. The zero-order valence-corrected chi connectivity index (χ0v) is 13.7. The van der Waals surface area contributed by atoms with Crippen LogP contribution in [-0.4, -0.2) is 17.1 Å². The van der Waals surface area contributed by atoms with E-state index in [0.717, 1.165) is 6.42 Å². The molecule has 1 N–H and O–H groups in total. The molecule has 0 saturated heterocycles. The Morgan fingerprint density at radius 3 is 2.86 bits per heavy atom. The van der Waals surface area contributed by atoms with Crippen molar-refractivity contribution in [3.63, 3.8) is 0 Å². The number of benzene rings is 1. The lowest BCUT2D eigenvalue weighted by molar-refractivity contribution is 0.0938. The summed E-state index contributed by atoms with van der Waals surface area (Å²) in [5.41, 5.74) is 2.44. The summed E-state index contributed by atoms with van der Waals surface area (Å²) in [6.45, 7) is 5.55. The summed E-state index contributed by atoms with van der Waals surface area (Å²) in [5.74, 6) is 0.437. The number of hydrogen-bond acceptors (Lipinski definition) is 4. The second-order valence-corrected chi connectivity index (χ2v) is 6.45. The lowest BCUT2D eigenvalue weighted by Crippen LogP contribution is -2.34. The molecule has 3 rings (SSSR count). The molecule has 1 aromatic carbocycles. The first kappa shape index (κ1) is 14.8. The third-order valence-corrected chi connectivity index (χ3v) is 4.74. The van der Waals surface area contributed by atoms with Gasteiger partial charge < -0.3 is 9.84 Å². The molecule has 0 saturated carbocycles. The molecule has 5 heteroatoms. The molecule has 2 heterocycles. The Balaban J connectivity index is 1.73. The third-order valence-electron chi connectivity index (χ3n) is 3.73. The van der Waals surface area contributed by atoms with E-state index >= 15 is 0 Å². The summed E-state index contributed by atoms with van der Waals surface area (Å²) in [6, 6.07) is 8.39. The summed E-state index contributed by atoms with van der Waals surface area (Å²) in [4.78, 5) is 12.3. The first-order valence-electron chi connectivity index (χ1n) is 7.25. The van der Waals surface area contributed by atoms with Crippen LogP contribution in [0.25, 0.3) is 10.1 Å². The maximum Gasteiger partial charge on any atom is 0.257 e. The molecule has 0 unspecified atom stereocenters. The van der Waals surface area contributed by atoms with Crippen molar-refractivity contribution in [1.29, 1.82) is 0 Å². The zero-order valence-electron chi connectivity index (χ0n) is 12.8. The zero-order chi connectivity index (χ0) is 15.7. The summed E-state index contributed by atoms with van der Waals surface area (Å²) >= 11 is 1.74. The lowest BCUT2D eigenvalue weighted by atomic mass is 10.1. The average Bonchev–Trinajstić information content (AvgIpc) is 3.03. The van der Waals surface area contributed by atoms with Gasteiger partial charge in [0.1, 0.15) is 11.3 Å². The Morgan fingerprint density at radius 1 is 1.36 bits per heavy atom. The van der Waals surface area contributed by atoms with E-state index in [1.807, 2.05) is 19.1 Å². The highest BCUT2D eigenvalue weighted by atomic mass is 32.1. The van der Waals surface area contributed by atoms with E-state index in [2.05, 4.69) is 28.0 Å². The SMILES string of the molecule is Cc1noc(C)c1C(=O)N[C@@H](C)Cc1csc2ccccc12. The van der Waals surface area contributed by atoms with Crippen LogP contribution in [-0.2, 0) is 6.42 Å². The van der Waals surface area contributed by atoms with Crippen molar-refractivity contribution in [3.8, 4) is 0 Å². The van der Waals surface area contributed by atoms with Crippen LogP contribution in [0.4, 0.5) is 0 Å². The third kappa shape index (κ3) is 2.76. The number of nitrogens with one attached hydrogen (secondary N) is 1. The molecule has 2 aromatic heterocycles. The summed E-state index contributed by atoms with van der Waals surface area (Å²) in [7, 11) is 0. The number of carbonyl (C=O) groups excluding carboxylic acids is 1. The summed E-state index contributed by atoms with van der Waals surface area (Å²) < 4.78 is 6.33. The molecular formula is C17H18N2O2S. The molecule has 0 aliphatic rings. The minimum atomic E-state index is -0.122. The molecule has 0 spiro atoms. The Labute approximate surface area is 133 Å². The van der Waals surface area contributed by atoms with E-state index in [1.165, 1.54) is 15.6 Å². The van der Waals surface area contributed by atoms with E-state index in [4.69, 9.17) is 4.52 Å². The molecule has 3 aromatic rings. The van der Waals surface area contributed by atoms with Gasteiger partial charge in [-0.3, -0.25) is 4.79 Å². The molecule has 1 amide bonds. The van der Waals surface area contributed by atoms with Crippen molar-refractivity contribution in [2.45, 2.75) is 33.2 Å². The van der Waals surface area contributed by atoms with Gasteiger partial charge in [-0.1, -0.05) is 23.4 Å². The fourth-order valence-electron chi connectivity index (χ4n) is 2.67. The van der Waals surface area contributed by atoms with Crippen molar-refractivity contribution in [2.24, 2.45) is 0 Å². The minimum absolute atomic E-state index is 0.0409. The largest absolute Gasteiger partial charge is 0.361 e. The molecule has 1 atom stereocenters.